The van der Waals surface area contributed by atoms with Crippen molar-refractivity contribution >= 4 is 5.91 Å². The van der Waals surface area contributed by atoms with Gasteiger partial charge in [-0.25, -0.2) is 0 Å². The highest BCUT2D eigenvalue weighted by Crippen LogP contribution is 2.29. The molecule has 1 aliphatic heterocycles. The van der Waals surface area contributed by atoms with Gasteiger partial charge in [0.15, 0.2) is 0 Å². The van der Waals surface area contributed by atoms with E-state index in [0.717, 1.165) is 35.6 Å². The van der Waals surface area contributed by atoms with Crippen molar-refractivity contribution in [3.8, 4) is 0 Å². The molecule has 0 unspecified atom stereocenters. The molecule has 0 aliphatic carbocycles. The fraction of sp³-hybridized carbons (Fsp3) is 0.529. The molecule has 124 valence electrons. The first-order chi connectivity index (χ1) is 11.0. The van der Waals surface area contributed by atoms with E-state index in [-0.39, 0.29) is 18.1 Å². The van der Waals surface area contributed by atoms with Gasteiger partial charge in [0.25, 0.3) is 5.91 Å². The minimum atomic E-state index is -0.138. The molecule has 0 spiro atoms. The molecule has 0 saturated carbocycles. The Morgan fingerprint density at radius 2 is 2.26 bits per heavy atom. The van der Waals surface area contributed by atoms with Crippen molar-refractivity contribution in [3.05, 3.63) is 41.0 Å². The SMILES string of the molecule is CCn1c(C)cc(C(=O)N[C@H]2CCO[C@@H]2c2ccnn2C)c1C. The number of hydrogen-bond acceptors (Lipinski definition) is 3. The Morgan fingerprint density at radius 3 is 2.87 bits per heavy atom. The summed E-state index contributed by atoms with van der Waals surface area (Å²) in [6.45, 7) is 7.63. The molecule has 2 aromatic heterocycles. The molecule has 6 heteroatoms. The number of aryl methyl sites for hydroxylation is 2. The van der Waals surface area contributed by atoms with E-state index >= 15 is 0 Å². The molecule has 0 aromatic carbocycles. The van der Waals surface area contributed by atoms with Crippen LogP contribution in [0.1, 0.15) is 46.9 Å². The fourth-order valence-corrected chi connectivity index (χ4v) is 3.46. The zero-order chi connectivity index (χ0) is 16.6. The number of aromatic nitrogens is 3. The van der Waals surface area contributed by atoms with Crippen LogP contribution in [0.5, 0.6) is 0 Å². The first kappa shape index (κ1) is 15.8. The fourth-order valence-electron chi connectivity index (χ4n) is 3.46. The molecule has 23 heavy (non-hydrogen) atoms. The highest BCUT2D eigenvalue weighted by molar-refractivity contribution is 5.96. The van der Waals surface area contributed by atoms with E-state index < -0.39 is 0 Å². The lowest BCUT2D eigenvalue weighted by molar-refractivity contribution is 0.0792. The zero-order valence-corrected chi connectivity index (χ0v) is 14.2. The summed E-state index contributed by atoms with van der Waals surface area (Å²) >= 11 is 0. The highest BCUT2D eigenvalue weighted by Gasteiger charge is 2.33. The lowest BCUT2D eigenvalue weighted by Gasteiger charge is -2.20. The van der Waals surface area contributed by atoms with Gasteiger partial charge in [-0.2, -0.15) is 5.10 Å². The van der Waals surface area contributed by atoms with Gasteiger partial charge in [-0.3, -0.25) is 9.48 Å². The molecule has 1 fully saturated rings. The first-order valence-electron chi connectivity index (χ1n) is 8.10. The molecule has 0 bridgehead atoms. The minimum Gasteiger partial charge on any atom is -0.370 e. The topological polar surface area (TPSA) is 61.1 Å². The normalized spacial score (nSPS) is 20.9. The van der Waals surface area contributed by atoms with E-state index in [2.05, 4.69) is 21.9 Å². The summed E-state index contributed by atoms with van der Waals surface area (Å²) in [5.41, 5.74) is 3.87. The largest absolute Gasteiger partial charge is 0.370 e. The molecule has 1 saturated heterocycles. The molecule has 6 nitrogen and oxygen atoms in total. The predicted octanol–water partition coefficient (Wildman–Crippen LogP) is 2.12. The Balaban J connectivity index is 1.79. The summed E-state index contributed by atoms with van der Waals surface area (Å²) in [7, 11) is 1.89. The molecule has 1 aliphatic rings. The Bertz CT molecular complexity index is 716. The van der Waals surface area contributed by atoms with Gasteiger partial charge in [-0.1, -0.05) is 0 Å². The monoisotopic (exact) mass is 316 g/mol. The van der Waals surface area contributed by atoms with Crippen molar-refractivity contribution in [1.29, 1.82) is 0 Å². The molecule has 3 heterocycles. The molecular formula is C17H24N4O2. The third-order valence-corrected chi connectivity index (χ3v) is 4.69. The zero-order valence-electron chi connectivity index (χ0n) is 14.2. The third kappa shape index (κ3) is 2.79. The number of nitrogens with zero attached hydrogens (tertiary/aromatic N) is 3. The van der Waals surface area contributed by atoms with E-state index in [1.54, 1.807) is 10.9 Å². The van der Waals surface area contributed by atoms with Crippen LogP contribution in [0.2, 0.25) is 0 Å². The Kier molecular flexibility index (Phi) is 4.26. The average molecular weight is 316 g/mol. The number of hydrogen-bond donors (Lipinski definition) is 1. The van der Waals surface area contributed by atoms with Gasteiger partial charge >= 0.3 is 0 Å². The van der Waals surface area contributed by atoms with Gasteiger partial charge in [0.05, 0.1) is 17.3 Å². The maximum absolute atomic E-state index is 12.7. The van der Waals surface area contributed by atoms with E-state index in [4.69, 9.17) is 4.74 Å². The van der Waals surface area contributed by atoms with Gasteiger partial charge in [-0.15, -0.1) is 0 Å². The summed E-state index contributed by atoms with van der Waals surface area (Å²) in [6, 6.07) is 3.88. The maximum atomic E-state index is 12.7. The first-order valence-corrected chi connectivity index (χ1v) is 8.10. The molecule has 1 amide bonds. The lowest BCUT2D eigenvalue weighted by atomic mass is 10.1. The van der Waals surface area contributed by atoms with Crippen molar-refractivity contribution in [1.82, 2.24) is 19.7 Å². The quantitative estimate of drug-likeness (QED) is 0.940. The van der Waals surface area contributed by atoms with Crippen LogP contribution in [0.25, 0.3) is 0 Å². The second-order valence-electron chi connectivity index (χ2n) is 6.07. The van der Waals surface area contributed by atoms with Crippen molar-refractivity contribution in [2.45, 2.75) is 45.9 Å². The van der Waals surface area contributed by atoms with Gasteiger partial charge < -0.3 is 14.6 Å². The van der Waals surface area contributed by atoms with Crippen molar-refractivity contribution in [3.63, 3.8) is 0 Å². The Hall–Kier alpha value is -2.08. The summed E-state index contributed by atoms with van der Waals surface area (Å²) in [5.74, 6) is -0.0273. The number of amides is 1. The molecular weight excluding hydrogens is 292 g/mol. The molecule has 0 radical (unpaired) electrons. The second kappa shape index (κ2) is 6.20. The molecule has 2 aromatic rings. The van der Waals surface area contributed by atoms with Crippen LogP contribution in [0.4, 0.5) is 0 Å². The van der Waals surface area contributed by atoms with Crippen LogP contribution >= 0.6 is 0 Å². The number of ether oxygens (including phenoxy) is 1. The van der Waals surface area contributed by atoms with Crippen LogP contribution in [-0.2, 0) is 18.3 Å². The number of nitrogens with one attached hydrogen (secondary N) is 1. The van der Waals surface area contributed by atoms with E-state index in [1.165, 1.54) is 0 Å². The number of rotatable bonds is 4. The van der Waals surface area contributed by atoms with Gasteiger partial charge in [0.2, 0.25) is 0 Å². The standard InChI is InChI=1S/C17H24N4O2/c1-5-21-11(2)10-13(12(21)3)17(22)19-14-7-9-23-16(14)15-6-8-18-20(15)4/h6,8,10,14,16H,5,7,9H2,1-4H3,(H,19,22)/t14-,16-/m0/s1. The minimum absolute atomic E-state index is 0.0254. The Morgan fingerprint density at radius 1 is 1.48 bits per heavy atom. The van der Waals surface area contributed by atoms with Gasteiger partial charge in [-0.05, 0) is 39.3 Å². The predicted molar refractivity (Wildman–Crippen MR) is 87.4 cm³/mol. The van der Waals surface area contributed by atoms with Crippen molar-refractivity contribution in [2.75, 3.05) is 6.61 Å². The van der Waals surface area contributed by atoms with E-state index in [1.807, 2.05) is 33.0 Å². The second-order valence-corrected chi connectivity index (χ2v) is 6.07. The molecule has 3 rings (SSSR count). The van der Waals surface area contributed by atoms with Gasteiger partial charge in [0, 0.05) is 37.8 Å². The number of carbonyl (C=O) groups is 1. The average Bonchev–Trinajstić information content (AvgIpc) is 3.19. The number of carbonyl (C=O) groups excluding carboxylic acids is 1. The summed E-state index contributed by atoms with van der Waals surface area (Å²) < 4.78 is 9.78. The van der Waals surface area contributed by atoms with Crippen LogP contribution in [0.15, 0.2) is 18.3 Å². The van der Waals surface area contributed by atoms with Crippen LogP contribution in [0, 0.1) is 13.8 Å². The van der Waals surface area contributed by atoms with Crippen molar-refractivity contribution in [2.24, 2.45) is 7.05 Å². The van der Waals surface area contributed by atoms with Crippen LogP contribution < -0.4 is 5.32 Å². The van der Waals surface area contributed by atoms with E-state index in [9.17, 15) is 4.79 Å². The summed E-state index contributed by atoms with van der Waals surface area (Å²) in [6.07, 6.45) is 2.43. The highest BCUT2D eigenvalue weighted by atomic mass is 16.5. The van der Waals surface area contributed by atoms with Gasteiger partial charge in [0.1, 0.15) is 6.10 Å². The van der Waals surface area contributed by atoms with Crippen LogP contribution in [0.3, 0.4) is 0 Å². The Labute approximate surface area is 136 Å². The maximum Gasteiger partial charge on any atom is 0.253 e. The van der Waals surface area contributed by atoms with Crippen molar-refractivity contribution < 1.29 is 9.53 Å². The smallest absolute Gasteiger partial charge is 0.253 e. The van der Waals surface area contributed by atoms with E-state index in [0.29, 0.717) is 6.61 Å². The third-order valence-electron chi connectivity index (χ3n) is 4.69. The van der Waals surface area contributed by atoms with Crippen LogP contribution in [-0.4, -0.2) is 32.9 Å². The lowest BCUT2D eigenvalue weighted by Crippen LogP contribution is -2.37. The summed E-state index contributed by atoms with van der Waals surface area (Å²) in [4.78, 5) is 12.7. The summed E-state index contributed by atoms with van der Waals surface area (Å²) in [5, 5.41) is 7.34. The molecule has 1 N–H and O–H groups in total. The molecule has 2 atom stereocenters.